The van der Waals surface area contributed by atoms with Crippen molar-refractivity contribution < 1.29 is 22.8 Å². The van der Waals surface area contributed by atoms with E-state index in [4.69, 9.17) is 11.6 Å². The number of alkyl halides is 3. The SMILES string of the molecule is CC(=O)Nc1cc2c(cc1Cl)C1=C(C(F)(F)F)C(=O)[C@H]3CC[C@]1(C2)C3. The molecule has 1 fully saturated rings. The summed E-state index contributed by atoms with van der Waals surface area (Å²) in [5, 5.41) is 2.77. The van der Waals surface area contributed by atoms with Crippen molar-refractivity contribution >= 4 is 34.6 Å². The van der Waals surface area contributed by atoms with Crippen molar-refractivity contribution in [3.05, 3.63) is 33.9 Å². The van der Waals surface area contributed by atoms with E-state index in [2.05, 4.69) is 5.32 Å². The maximum Gasteiger partial charge on any atom is 0.420 e. The Morgan fingerprint density at radius 3 is 2.72 bits per heavy atom. The van der Waals surface area contributed by atoms with Gasteiger partial charge in [0, 0.05) is 18.3 Å². The molecule has 1 aromatic rings. The van der Waals surface area contributed by atoms with Crippen molar-refractivity contribution in [2.24, 2.45) is 11.3 Å². The number of nitrogens with one attached hydrogen (secondary N) is 1. The van der Waals surface area contributed by atoms with E-state index in [0.717, 1.165) is 0 Å². The van der Waals surface area contributed by atoms with Gasteiger partial charge in [0.05, 0.1) is 10.7 Å². The molecule has 25 heavy (non-hydrogen) atoms. The summed E-state index contributed by atoms with van der Waals surface area (Å²) in [5.74, 6) is -1.63. The first-order chi connectivity index (χ1) is 11.6. The highest BCUT2D eigenvalue weighted by molar-refractivity contribution is 6.34. The van der Waals surface area contributed by atoms with E-state index in [1.807, 2.05) is 0 Å². The lowest BCUT2D eigenvalue weighted by Crippen LogP contribution is -2.34. The van der Waals surface area contributed by atoms with Crippen molar-refractivity contribution in [3.8, 4) is 0 Å². The molecule has 0 radical (unpaired) electrons. The van der Waals surface area contributed by atoms with Crippen LogP contribution in [0.4, 0.5) is 18.9 Å². The molecule has 1 N–H and O–H groups in total. The van der Waals surface area contributed by atoms with E-state index < -0.39 is 28.9 Å². The number of hydrogen-bond donors (Lipinski definition) is 1. The molecule has 3 aliphatic rings. The number of carbonyl (C=O) groups excluding carboxylic acids is 2. The molecule has 0 unspecified atom stereocenters. The summed E-state index contributed by atoms with van der Waals surface area (Å²) >= 11 is 6.18. The van der Waals surface area contributed by atoms with Crippen LogP contribution in [0.1, 0.15) is 37.3 Å². The zero-order chi connectivity index (χ0) is 18.1. The average Bonchev–Trinajstić information content (AvgIpc) is 2.99. The summed E-state index contributed by atoms with van der Waals surface area (Å²) in [7, 11) is 0. The van der Waals surface area contributed by atoms with Gasteiger partial charge >= 0.3 is 6.18 Å². The topological polar surface area (TPSA) is 46.2 Å². The zero-order valence-electron chi connectivity index (χ0n) is 13.4. The summed E-state index contributed by atoms with van der Waals surface area (Å²) in [6, 6.07) is 3.11. The Morgan fingerprint density at radius 2 is 2.08 bits per heavy atom. The van der Waals surface area contributed by atoms with E-state index in [1.54, 1.807) is 6.07 Å². The largest absolute Gasteiger partial charge is 0.420 e. The van der Waals surface area contributed by atoms with Crippen LogP contribution in [-0.4, -0.2) is 17.9 Å². The predicted molar refractivity (Wildman–Crippen MR) is 87.2 cm³/mol. The average molecular weight is 370 g/mol. The number of rotatable bonds is 1. The van der Waals surface area contributed by atoms with Gasteiger partial charge in [-0.1, -0.05) is 11.6 Å². The summed E-state index contributed by atoms with van der Waals surface area (Å²) in [5.41, 5.74) is -0.0176. The first kappa shape index (κ1) is 16.6. The monoisotopic (exact) mass is 369 g/mol. The molecule has 2 atom stereocenters. The van der Waals surface area contributed by atoms with Crippen LogP contribution < -0.4 is 5.32 Å². The van der Waals surface area contributed by atoms with Gasteiger partial charge in [-0.05, 0) is 54.5 Å². The van der Waals surface area contributed by atoms with Crippen LogP contribution in [0.5, 0.6) is 0 Å². The van der Waals surface area contributed by atoms with Gasteiger partial charge in [-0.25, -0.2) is 0 Å². The Bertz CT molecular complexity index is 859. The third-order valence-electron chi connectivity index (χ3n) is 5.59. The molecule has 132 valence electrons. The lowest BCUT2D eigenvalue weighted by Gasteiger charge is -2.33. The van der Waals surface area contributed by atoms with Crippen molar-refractivity contribution in [2.45, 2.75) is 38.8 Å². The van der Waals surface area contributed by atoms with Crippen molar-refractivity contribution in [1.29, 1.82) is 0 Å². The minimum Gasteiger partial charge on any atom is -0.325 e. The fourth-order valence-corrected chi connectivity index (χ4v) is 4.98. The predicted octanol–water partition coefficient (Wildman–Crippen LogP) is 4.54. The molecule has 2 bridgehead atoms. The van der Waals surface area contributed by atoms with E-state index in [-0.39, 0.29) is 16.5 Å². The van der Waals surface area contributed by atoms with E-state index >= 15 is 0 Å². The molecule has 0 heterocycles. The first-order valence-electron chi connectivity index (χ1n) is 8.09. The molecule has 3 aliphatic carbocycles. The van der Waals surface area contributed by atoms with Crippen LogP contribution in [0.3, 0.4) is 0 Å². The van der Waals surface area contributed by atoms with Gasteiger partial charge < -0.3 is 5.32 Å². The lowest BCUT2D eigenvalue weighted by molar-refractivity contribution is -0.133. The number of carbonyl (C=O) groups is 2. The number of allylic oxidation sites excluding steroid dienone is 2. The van der Waals surface area contributed by atoms with Gasteiger partial charge in [-0.2, -0.15) is 13.2 Å². The molecule has 7 heteroatoms. The van der Waals surface area contributed by atoms with E-state index in [9.17, 15) is 22.8 Å². The zero-order valence-corrected chi connectivity index (χ0v) is 14.1. The van der Waals surface area contributed by atoms with Crippen molar-refractivity contribution in [2.75, 3.05) is 5.32 Å². The van der Waals surface area contributed by atoms with Gasteiger partial charge in [0.2, 0.25) is 5.91 Å². The van der Waals surface area contributed by atoms with Gasteiger partial charge in [-0.15, -0.1) is 0 Å². The number of Topliss-reactive ketones (excluding diaryl/α,β-unsaturated/α-hetero) is 1. The molecule has 4 rings (SSSR count). The number of halogens is 4. The number of amides is 1. The molecule has 1 spiro atoms. The van der Waals surface area contributed by atoms with Crippen LogP contribution in [0.25, 0.3) is 5.57 Å². The second-order valence-corrected chi connectivity index (χ2v) is 7.59. The highest BCUT2D eigenvalue weighted by atomic mass is 35.5. The summed E-state index contributed by atoms with van der Waals surface area (Å²) < 4.78 is 41.0. The number of anilines is 1. The number of benzene rings is 1. The third-order valence-corrected chi connectivity index (χ3v) is 5.90. The molecule has 1 aromatic carbocycles. The molecule has 0 aromatic heterocycles. The van der Waals surface area contributed by atoms with Crippen LogP contribution >= 0.6 is 11.6 Å². The summed E-state index contributed by atoms with van der Waals surface area (Å²) in [4.78, 5) is 23.7. The van der Waals surface area contributed by atoms with Crippen LogP contribution in [0.2, 0.25) is 5.02 Å². The molecular weight excluding hydrogens is 355 g/mol. The molecular formula is C18H15ClF3NO2. The lowest BCUT2D eigenvalue weighted by atomic mass is 9.71. The van der Waals surface area contributed by atoms with Crippen LogP contribution in [-0.2, 0) is 16.0 Å². The minimum absolute atomic E-state index is 0.116. The van der Waals surface area contributed by atoms with E-state index in [0.29, 0.717) is 42.5 Å². The fraction of sp³-hybridized carbons (Fsp3) is 0.444. The number of hydrogen-bond acceptors (Lipinski definition) is 2. The maximum atomic E-state index is 13.7. The quantitative estimate of drug-likeness (QED) is 0.790. The maximum absolute atomic E-state index is 13.7. The Kier molecular flexibility index (Phi) is 3.39. The third kappa shape index (κ3) is 2.34. The van der Waals surface area contributed by atoms with Crippen molar-refractivity contribution in [3.63, 3.8) is 0 Å². The fourth-order valence-electron chi connectivity index (χ4n) is 4.77. The molecule has 0 aliphatic heterocycles. The first-order valence-corrected chi connectivity index (χ1v) is 8.47. The Morgan fingerprint density at radius 1 is 1.36 bits per heavy atom. The van der Waals surface area contributed by atoms with Gasteiger partial charge in [0.25, 0.3) is 0 Å². The van der Waals surface area contributed by atoms with Gasteiger partial charge in [-0.3, -0.25) is 9.59 Å². The highest BCUT2D eigenvalue weighted by Crippen LogP contribution is 2.64. The highest BCUT2D eigenvalue weighted by Gasteiger charge is 2.59. The summed E-state index contributed by atoms with van der Waals surface area (Å²) in [6.45, 7) is 1.34. The Labute approximate surface area is 147 Å². The smallest absolute Gasteiger partial charge is 0.325 e. The molecule has 1 saturated carbocycles. The van der Waals surface area contributed by atoms with E-state index in [1.165, 1.54) is 13.0 Å². The van der Waals surface area contributed by atoms with Gasteiger partial charge in [0.15, 0.2) is 5.78 Å². The Balaban J connectivity index is 1.96. The second-order valence-electron chi connectivity index (χ2n) is 7.18. The molecule has 3 nitrogen and oxygen atoms in total. The minimum atomic E-state index is -4.68. The Hall–Kier alpha value is -1.82. The van der Waals surface area contributed by atoms with Crippen LogP contribution in [0.15, 0.2) is 17.7 Å². The molecule has 0 saturated heterocycles. The van der Waals surface area contributed by atoms with Gasteiger partial charge in [0.1, 0.15) is 5.57 Å². The standard InChI is InChI=1S/C18H15ClF3NO2/c1-8(24)23-13-4-10-7-17-3-2-9(6-17)16(25)15(18(20,21)22)14(17)11(10)5-12(13)19/h4-5,9H,2-3,6-7H2,1H3,(H,23,24)/t9-,17+/m0/s1. The molecule has 1 amide bonds. The second kappa shape index (κ2) is 5.10. The summed E-state index contributed by atoms with van der Waals surface area (Å²) in [6.07, 6.45) is -2.71. The number of ketones is 1. The number of fused-ring (bicyclic) bond motifs is 3. The van der Waals surface area contributed by atoms with Crippen molar-refractivity contribution in [1.82, 2.24) is 0 Å². The van der Waals surface area contributed by atoms with Crippen LogP contribution in [0, 0.1) is 11.3 Å². The normalized spacial score (nSPS) is 27.4.